The van der Waals surface area contributed by atoms with Gasteiger partial charge in [-0.3, -0.25) is 10.1 Å². The summed E-state index contributed by atoms with van der Waals surface area (Å²) >= 11 is 0. The van der Waals surface area contributed by atoms with Crippen LogP contribution in [0.2, 0.25) is 51.4 Å². The van der Waals surface area contributed by atoms with Gasteiger partial charge >= 0.3 is 0 Å². The van der Waals surface area contributed by atoms with Gasteiger partial charge in [-0.1, -0.05) is 75.7 Å². The van der Waals surface area contributed by atoms with Crippen LogP contribution in [-0.2, 0) is 9.47 Å². The minimum atomic E-state index is -1.23. The summed E-state index contributed by atoms with van der Waals surface area (Å²) in [4.78, 5) is 16.6. The van der Waals surface area contributed by atoms with Crippen molar-refractivity contribution in [1.29, 1.82) is 0 Å². The molecule has 1 aromatic carbocycles. The van der Waals surface area contributed by atoms with E-state index >= 15 is 0 Å². The Hall–Kier alpha value is -3.65. The molecule has 0 aliphatic heterocycles. The Bertz CT molecular complexity index is 1430. The lowest BCUT2D eigenvalue weighted by Crippen LogP contribution is -2.32. The van der Waals surface area contributed by atoms with Crippen LogP contribution in [0, 0.1) is 0 Å². The van der Waals surface area contributed by atoms with Gasteiger partial charge in [-0.2, -0.15) is 5.10 Å². The number of benzene rings is 1. The third-order valence-electron chi connectivity index (χ3n) is 6.87. The van der Waals surface area contributed by atoms with Gasteiger partial charge < -0.3 is 20.1 Å². The van der Waals surface area contributed by atoms with E-state index in [1.165, 1.54) is 6.20 Å². The first-order valence-electron chi connectivity index (χ1n) is 14.8. The summed E-state index contributed by atoms with van der Waals surface area (Å²) in [5.74, 6) is 1.18. The monoisotopic (exact) mass is 615 g/mol. The second kappa shape index (κ2) is 14.7. The summed E-state index contributed by atoms with van der Waals surface area (Å²) < 4.78 is 12.4. The quantitative estimate of drug-likeness (QED) is 0.0862. The topological polar surface area (TPSA) is 115 Å². The second-order valence-electron chi connectivity index (χ2n) is 13.0. The molecule has 0 bridgehead atoms. The van der Waals surface area contributed by atoms with Crippen LogP contribution in [0.5, 0.6) is 0 Å². The van der Waals surface area contributed by atoms with E-state index in [0.717, 1.165) is 40.2 Å². The van der Waals surface area contributed by atoms with Crippen molar-refractivity contribution >= 4 is 27.5 Å². The first-order chi connectivity index (χ1) is 20.5. The van der Waals surface area contributed by atoms with Crippen LogP contribution in [0.4, 0.5) is 5.82 Å². The van der Waals surface area contributed by atoms with E-state index in [1.54, 1.807) is 6.20 Å². The molecule has 43 heavy (non-hydrogen) atoms. The van der Waals surface area contributed by atoms with E-state index in [2.05, 4.69) is 49.5 Å². The normalized spacial score (nSPS) is 12.5. The van der Waals surface area contributed by atoms with Gasteiger partial charge in [-0.25, -0.2) is 9.97 Å². The van der Waals surface area contributed by atoms with Gasteiger partial charge in [-0.15, -0.1) is 0 Å². The third-order valence-corrected chi connectivity index (χ3v) is 10.3. The number of anilines is 1. The molecule has 11 heteroatoms. The van der Waals surface area contributed by atoms with Crippen molar-refractivity contribution in [2.24, 2.45) is 5.73 Å². The van der Waals surface area contributed by atoms with Crippen LogP contribution in [0.25, 0.3) is 28.1 Å². The average molecular weight is 616 g/mol. The standard InChI is InChI=1S/C32H45N7O2Si2/c1-42(2,3)16-14-40-23-39(24-41-15-17-43(4,5)6)31-18-30(27-21-35-36-22-27)37-32(38-31)28(19-33)26-12-13-29(34-20-26)25-10-8-7-9-11-25/h7-13,18-22H,14-17,23-24,33H2,1-6H3,(H,35,36). The zero-order valence-corrected chi connectivity index (χ0v) is 28.3. The Balaban J connectivity index is 1.66. The molecule has 0 radical (unpaired) electrons. The van der Waals surface area contributed by atoms with Gasteiger partial charge in [0.05, 0.1) is 17.6 Å². The predicted molar refractivity (Wildman–Crippen MR) is 181 cm³/mol. The first kappa shape index (κ1) is 32.3. The Morgan fingerprint density at radius 2 is 1.51 bits per heavy atom. The van der Waals surface area contributed by atoms with Crippen LogP contribution in [0.15, 0.2) is 73.3 Å². The number of hydrogen-bond donors (Lipinski definition) is 2. The highest BCUT2D eigenvalue weighted by Gasteiger charge is 2.19. The number of aromatic nitrogens is 5. The minimum Gasteiger partial charge on any atom is -0.404 e. The second-order valence-corrected chi connectivity index (χ2v) is 24.3. The number of pyridine rings is 1. The molecule has 0 amide bonds. The molecule has 0 aliphatic rings. The van der Waals surface area contributed by atoms with Crippen LogP contribution in [0.3, 0.4) is 0 Å². The number of nitrogens with zero attached hydrogens (tertiary/aromatic N) is 5. The molecule has 0 fully saturated rings. The van der Waals surface area contributed by atoms with Crippen molar-refractivity contribution in [1.82, 2.24) is 25.1 Å². The Kier molecular flexibility index (Phi) is 11.0. The van der Waals surface area contributed by atoms with E-state index in [-0.39, 0.29) is 0 Å². The average Bonchev–Trinajstić information content (AvgIpc) is 3.52. The van der Waals surface area contributed by atoms with E-state index in [4.69, 9.17) is 30.2 Å². The van der Waals surface area contributed by atoms with Gasteiger partial charge in [-0.05, 0) is 18.2 Å². The molecule has 0 unspecified atom stereocenters. The highest BCUT2D eigenvalue weighted by Crippen LogP contribution is 2.28. The Morgan fingerprint density at radius 1 is 0.837 bits per heavy atom. The molecule has 3 N–H and O–H groups in total. The summed E-state index contributed by atoms with van der Waals surface area (Å²) in [5.41, 5.74) is 11.2. The summed E-state index contributed by atoms with van der Waals surface area (Å²) in [6, 6.07) is 18.2. The molecule has 9 nitrogen and oxygen atoms in total. The molecule has 228 valence electrons. The van der Waals surface area contributed by atoms with Gasteiger partial charge in [0.1, 0.15) is 19.3 Å². The summed E-state index contributed by atoms with van der Waals surface area (Å²) in [5, 5.41) is 7.03. The van der Waals surface area contributed by atoms with E-state index in [9.17, 15) is 0 Å². The molecule has 0 aliphatic carbocycles. The largest absolute Gasteiger partial charge is 0.404 e. The number of rotatable bonds is 15. The van der Waals surface area contributed by atoms with Gasteiger partial charge in [0.2, 0.25) is 0 Å². The Labute approximate surface area is 257 Å². The number of nitrogens with two attached hydrogens (primary N) is 1. The number of H-pyrrole nitrogens is 1. The number of ether oxygens (including phenoxy) is 2. The van der Waals surface area contributed by atoms with Crippen molar-refractivity contribution in [2.75, 3.05) is 31.6 Å². The molecule has 0 spiro atoms. The van der Waals surface area contributed by atoms with Crippen LogP contribution < -0.4 is 10.6 Å². The van der Waals surface area contributed by atoms with Crippen molar-refractivity contribution < 1.29 is 9.47 Å². The molecular formula is C32H45N7O2Si2. The van der Waals surface area contributed by atoms with Crippen LogP contribution >= 0.6 is 0 Å². The van der Waals surface area contributed by atoms with Gasteiger partial charge in [0.15, 0.2) is 5.82 Å². The maximum atomic E-state index is 6.22. The fourth-order valence-corrected chi connectivity index (χ4v) is 5.68. The first-order valence-corrected chi connectivity index (χ1v) is 22.2. The zero-order valence-electron chi connectivity index (χ0n) is 26.3. The smallest absolute Gasteiger partial charge is 0.164 e. The molecular weight excluding hydrogens is 571 g/mol. The maximum absolute atomic E-state index is 6.22. The van der Waals surface area contributed by atoms with Crippen LogP contribution in [-0.4, -0.2) is 68.0 Å². The Morgan fingerprint density at radius 3 is 2.05 bits per heavy atom. The molecule has 4 rings (SSSR count). The van der Waals surface area contributed by atoms with Crippen molar-refractivity contribution in [3.63, 3.8) is 0 Å². The summed E-state index contributed by atoms with van der Waals surface area (Å²) in [7, 11) is -2.46. The lowest BCUT2D eigenvalue weighted by molar-refractivity contribution is 0.0946. The van der Waals surface area contributed by atoms with E-state index < -0.39 is 16.1 Å². The molecule has 0 saturated carbocycles. The number of hydrogen-bond acceptors (Lipinski definition) is 8. The third kappa shape index (κ3) is 9.96. The number of aromatic amines is 1. The minimum absolute atomic E-state index is 0.355. The fraction of sp³-hybridized carbons (Fsp3) is 0.375. The lowest BCUT2D eigenvalue weighted by atomic mass is 10.1. The predicted octanol–water partition coefficient (Wildman–Crippen LogP) is 6.71. The van der Waals surface area contributed by atoms with Gasteiger partial charge in [0.25, 0.3) is 0 Å². The molecule has 4 aromatic rings. The molecule has 3 heterocycles. The molecule has 3 aromatic heterocycles. The fourth-order valence-electron chi connectivity index (χ4n) is 4.16. The molecule has 0 atom stereocenters. The highest BCUT2D eigenvalue weighted by molar-refractivity contribution is 6.76. The summed E-state index contributed by atoms with van der Waals surface area (Å²) in [6.45, 7) is 16.2. The van der Waals surface area contributed by atoms with E-state index in [0.29, 0.717) is 43.9 Å². The van der Waals surface area contributed by atoms with Crippen molar-refractivity contribution in [3.8, 4) is 22.5 Å². The SMILES string of the molecule is C[Si](C)(C)CCOCN(COCC[Si](C)(C)C)c1cc(-c2cn[nH]c2)nc(C(=CN)c2ccc(-c3ccccc3)nc2)n1. The van der Waals surface area contributed by atoms with Crippen molar-refractivity contribution in [3.05, 3.63) is 84.7 Å². The lowest BCUT2D eigenvalue weighted by Gasteiger charge is -2.26. The maximum Gasteiger partial charge on any atom is 0.164 e. The van der Waals surface area contributed by atoms with E-state index in [1.807, 2.05) is 65.8 Å². The van der Waals surface area contributed by atoms with Gasteiger partial charge in [0, 0.05) is 76.3 Å². The number of nitrogens with one attached hydrogen (secondary N) is 1. The zero-order chi connectivity index (χ0) is 30.9. The van der Waals surface area contributed by atoms with Crippen molar-refractivity contribution in [2.45, 2.75) is 51.4 Å². The molecule has 0 saturated heterocycles. The summed E-state index contributed by atoms with van der Waals surface area (Å²) in [6.07, 6.45) is 6.91. The highest BCUT2D eigenvalue weighted by atomic mass is 28.3. The van der Waals surface area contributed by atoms with Crippen LogP contribution in [0.1, 0.15) is 11.4 Å².